The van der Waals surface area contributed by atoms with Crippen molar-refractivity contribution in [2.45, 2.75) is 107 Å². The number of carbonyl (C=O) groups is 1. The topological polar surface area (TPSA) is 72.5 Å². The minimum absolute atomic E-state index is 0.0892. The molecule has 0 N–H and O–H groups in total. The van der Waals surface area contributed by atoms with Crippen molar-refractivity contribution in [1.29, 1.82) is 0 Å². The molecule has 0 bridgehead atoms. The summed E-state index contributed by atoms with van der Waals surface area (Å²) < 4.78 is 39.4. The Morgan fingerprint density at radius 3 is 1.78 bits per heavy atom. The van der Waals surface area contributed by atoms with Crippen LogP contribution in [0.5, 0.6) is 0 Å². The Balaban J connectivity index is 1.21. The molecule has 3 heterocycles. The fourth-order valence-electron chi connectivity index (χ4n) is 7.73. The fraction of sp³-hybridized carbons (Fsp3) is 0.386. The third-order valence-electron chi connectivity index (χ3n) is 10.0. The summed E-state index contributed by atoms with van der Waals surface area (Å²) in [7, 11) is 0. The maximum atomic E-state index is 14.2. The molecule has 7 nitrogen and oxygen atoms in total. The van der Waals surface area contributed by atoms with E-state index in [1.165, 1.54) is 0 Å². The van der Waals surface area contributed by atoms with Crippen molar-refractivity contribution in [3.05, 3.63) is 156 Å². The quantitative estimate of drug-likeness (QED) is 0.131. The summed E-state index contributed by atoms with van der Waals surface area (Å²) in [4.78, 5) is 14.2. The lowest BCUT2D eigenvalue weighted by Crippen LogP contribution is -2.54. The molecular weight excluding hydrogens is 640 g/mol. The molecule has 4 aromatic rings. The molecule has 0 aliphatic carbocycles. The average Bonchev–Trinajstić information content (AvgIpc) is 3.65. The summed E-state index contributed by atoms with van der Waals surface area (Å²) in [5.41, 5.74) is 4.24. The Labute approximate surface area is 301 Å². The number of hydrogen-bond acceptors (Lipinski definition) is 7. The van der Waals surface area contributed by atoms with E-state index in [1.807, 2.05) is 92.7 Å². The number of benzene rings is 4. The molecule has 4 aromatic carbocycles. The average molecular weight is 689 g/mol. The fourth-order valence-corrected chi connectivity index (χ4v) is 7.73. The second kappa shape index (κ2) is 16.2. The zero-order chi connectivity index (χ0) is 35.2. The van der Waals surface area contributed by atoms with Gasteiger partial charge in [0.05, 0.1) is 25.4 Å². The Kier molecular flexibility index (Phi) is 11.2. The van der Waals surface area contributed by atoms with E-state index in [0.29, 0.717) is 13.2 Å². The highest BCUT2D eigenvalue weighted by molar-refractivity contribution is 5.94. The van der Waals surface area contributed by atoms with Crippen molar-refractivity contribution in [1.82, 2.24) is 0 Å². The van der Waals surface area contributed by atoms with Crippen LogP contribution in [0.4, 0.5) is 0 Å². The van der Waals surface area contributed by atoms with Gasteiger partial charge in [-0.2, -0.15) is 0 Å². The Morgan fingerprint density at radius 1 is 0.686 bits per heavy atom. The number of hydrogen-bond donors (Lipinski definition) is 0. The van der Waals surface area contributed by atoms with Gasteiger partial charge in [-0.25, -0.2) is 0 Å². The molecule has 7 heteroatoms. The van der Waals surface area contributed by atoms with Gasteiger partial charge in [0.1, 0.15) is 24.4 Å². The molecule has 0 aromatic heterocycles. The molecule has 3 fully saturated rings. The molecule has 3 saturated heterocycles. The van der Waals surface area contributed by atoms with E-state index in [4.69, 9.17) is 28.4 Å². The summed E-state index contributed by atoms with van der Waals surface area (Å²) >= 11 is 0. The molecule has 3 aliphatic rings. The maximum Gasteiger partial charge on any atom is 0.188 e. The van der Waals surface area contributed by atoms with Gasteiger partial charge in [0.15, 0.2) is 17.9 Å². The van der Waals surface area contributed by atoms with Crippen LogP contribution >= 0.6 is 0 Å². The summed E-state index contributed by atoms with van der Waals surface area (Å²) in [6.45, 7) is 6.70. The number of carbonyl (C=O) groups excluding carboxylic acids is 1. The number of rotatable bonds is 13. The van der Waals surface area contributed by atoms with Gasteiger partial charge >= 0.3 is 0 Å². The van der Waals surface area contributed by atoms with Gasteiger partial charge in [0, 0.05) is 11.8 Å². The normalized spacial score (nSPS) is 30.0. The Bertz CT molecular complexity index is 1710. The van der Waals surface area contributed by atoms with Gasteiger partial charge in [0.2, 0.25) is 0 Å². The van der Waals surface area contributed by atoms with E-state index in [2.05, 4.69) is 55.5 Å². The zero-order valence-electron chi connectivity index (χ0n) is 29.6. The van der Waals surface area contributed by atoms with E-state index < -0.39 is 36.5 Å². The van der Waals surface area contributed by atoms with Crippen molar-refractivity contribution in [3.63, 3.8) is 0 Å². The SMILES string of the molecule is CCC[C@H]1O[C@H](/C=C/C(=O)C2OC3OC(C)(C)OC3C2c2ccccc2)[C@@H](OCc2ccccc2)[C@H](OCc2ccccc2)[C@H]1c1ccccc1. The second-order valence-corrected chi connectivity index (χ2v) is 14.1. The van der Waals surface area contributed by atoms with Crippen molar-refractivity contribution >= 4 is 5.78 Å². The minimum Gasteiger partial charge on any atom is -0.370 e. The Hall–Kier alpha value is -3.95. The van der Waals surface area contributed by atoms with Gasteiger partial charge in [-0.1, -0.05) is 135 Å². The lowest BCUT2D eigenvalue weighted by atomic mass is 9.79. The molecule has 4 unspecified atom stereocenters. The summed E-state index contributed by atoms with van der Waals surface area (Å²) in [5.74, 6) is -1.39. The van der Waals surface area contributed by atoms with E-state index in [9.17, 15) is 4.79 Å². The molecule has 266 valence electrons. The predicted molar refractivity (Wildman–Crippen MR) is 195 cm³/mol. The highest BCUT2D eigenvalue weighted by atomic mass is 16.8. The third kappa shape index (κ3) is 8.25. The molecule has 3 aliphatic heterocycles. The van der Waals surface area contributed by atoms with Gasteiger partial charge in [-0.3, -0.25) is 4.79 Å². The van der Waals surface area contributed by atoms with Crippen LogP contribution < -0.4 is 0 Å². The predicted octanol–water partition coefficient (Wildman–Crippen LogP) is 8.29. The molecule has 0 amide bonds. The molecular formula is C44H48O7. The van der Waals surface area contributed by atoms with Crippen molar-refractivity contribution in [2.24, 2.45) is 0 Å². The number of ketones is 1. The van der Waals surface area contributed by atoms with Crippen molar-refractivity contribution in [2.75, 3.05) is 0 Å². The van der Waals surface area contributed by atoms with Crippen LogP contribution in [-0.4, -0.2) is 54.5 Å². The van der Waals surface area contributed by atoms with Crippen LogP contribution in [0.1, 0.15) is 67.7 Å². The number of fused-ring (bicyclic) bond motifs is 1. The number of ether oxygens (including phenoxy) is 6. The van der Waals surface area contributed by atoms with Crippen LogP contribution in [0.3, 0.4) is 0 Å². The summed E-state index contributed by atoms with van der Waals surface area (Å²) in [6, 6.07) is 40.7. The van der Waals surface area contributed by atoms with Crippen LogP contribution in [0.25, 0.3) is 0 Å². The van der Waals surface area contributed by atoms with Crippen LogP contribution in [0.2, 0.25) is 0 Å². The van der Waals surface area contributed by atoms with Gasteiger partial charge in [0.25, 0.3) is 0 Å². The van der Waals surface area contributed by atoms with Crippen LogP contribution in [0.15, 0.2) is 133 Å². The maximum absolute atomic E-state index is 14.2. The zero-order valence-corrected chi connectivity index (χ0v) is 29.6. The molecule has 51 heavy (non-hydrogen) atoms. The van der Waals surface area contributed by atoms with Crippen molar-refractivity contribution in [3.8, 4) is 0 Å². The molecule has 0 saturated carbocycles. The lowest BCUT2D eigenvalue weighted by Gasteiger charge is -2.46. The third-order valence-corrected chi connectivity index (χ3v) is 10.0. The molecule has 9 atom stereocenters. The first kappa shape index (κ1) is 35.5. The summed E-state index contributed by atoms with van der Waals surface area (Å²) in [5, 5.41) is 0. The van der Waals surface area contributed by atoms with Crippen LogP contribution in [0, 0.1) is 0 Å². The van der Waals surface area contributed by atoms with E-state index in [1.54, 1.807) is 6.08 Å². The molecule has 7 rings (SSSR count). The van der Waals surface area contributed by atoms with E-state index in [0.717, 1.165) is 35.1 Å². The Morgan fingerprint density at radius 2 is 1.22 bits per heavy atom. The minimum atomic E-state index is -0.802. The van der Waals surface area contributed by atoms with E-state index in [-0.39, 0.29) is 29.8 Å². The van der Waals surface area contributed by atoms with Crippen LogP contribution in [-0.2, 0) is 46.4 Å². The second-order valence-electron chi connectivity index (χ2n) is 14.1. The highest BCUT2D eigenvalue weighted by Gasteiger charge is 2.56. The first-order valence-corrected chi connectivity index (χ1v) is 18.2. The highest BCUT2D eigenvalue weighted by Crippen LogP contribution is 2.46. The lowest BCUT2D eigenvalue weighted by molar-refractivity contribution is -0.207. The van der Waals surface area contributed by atoms with E-state index >= 15 is 0 Å². The van der Waals surface area contributed by atoms with Gasteiger partial charge < -0.3 is 28.4 Å². The van der Waals surface area contributed by atoms with Gasteiger partial charge in [-0.05, 0) is 54.7 Å². The van der Waals surface area contributed by atoms with Gasteiger partial charge in [-0.15, -0.1) is 0 Å². The summed E-state index contributed by atoms with van der Waals surface area (Å²) in [6.07, 6.45) is 1.78. The largest absolute Gasteiger partial charge is 0.370 e. The monoisotopic (exact) mass is 688 g/mol. The smallest absolute Gasteiger partial charge is 0.188 e. The standard InChI is InChI=1S/C44H48O7/c1-4-17-35-37(32-22-13-7-14-23-32)41(47-29-31-20-11-6-12-21-31)40(46-28-30-18-9-5-10-19-30)36(48-35)27-26-34(45)39-38(33-24-15-8-16-25-33)42-43(49-39)51-44(2,3)50-42/h5-16,18-27,35-43H,4,17,28-29H2,1-3H3/b27-26+/t35-,36-,37+,38?,39?,40-,41-,42?,43?/m1/s1. The first-order chi connectivity index (χ1) is 24.9. The molecule has 0 radical (unpaired) electrons. The molecule has 0 spiro atoms. The first-order valence-electron chi connectivity index (χ1n) is 18.2. The van der Waals surface area contributed by atoms with Crippen molar-refractivity contribution < 1.29 is 33.2 Å².